The van der Waals surface area contributed by atoms with E-state index in [9.17, 15) is 4.79 Å². The molecule has 108 valence electrons. The second kappa shape index (κ2) is 5.09. The summed E-state index contributed by atoms with van der Waals surface area (Å²) in [4.78, 5) is 13.1. The number of aryl methyl sites for hydroxylation is 1. The first kappa shape index (κ1) is 14.0. The van der Waals surface area contributed by atoms with Crippen LogP contribution in [-0.4, -0.2) is 11.9 Å². The van der Waals surface area contributed by atoms with Gasteiger partial charge in [-0.1, -0.05) is 23.2 Å². The number of cyclic esters (lactones) is 1. The number of hydrogen-bond acceptors (Lipinski definition) is 4. The Bertz CT molecular complexity index is 742. The molecule has 1 saturated heterocycles. The number of carbonyl (C=O) groups excluding carboxylic acids is 1. The van der Waals surface area contributed by atoms with Crippen molar-refractivity contribution in [3.8, 4) is 0 Å². The van der Waals surface area contributed by atoms with E-state index in [1.54, 1.807) is 31.2 Å². The highest BCUT2D eigenvalue weighted by atomic mass is 35.5. The molecule has 2 heterocycles. The smallest absolute Gasteiger partial charge is 0.421 e. The van der Waals surface area contributed by atoms with Crippen molar-refractivity contribution in [1.29, 1.82) is 5.41 Å². The molecule has 0 spiro atoms. The van der Waals surface area contributed by atoms with Gasteiger partial charge in [0.25, 0.3) is 0 Å². The predicted molar refractivity (Wildman–Crippen MR) is 79.3 cm³/mol. The van der Waals surface area contributed by atoms with Crippen molar-refractivity contribution in [3.63, 3.8) is 0 Å². The third-order valence-corrected chi connectivity index (χ3v) is 3.81. The Morgan fingerprint density at radius 2 is 1.95 bits per heavy atom. The maximum Gasteiger partial charge on any atom is 0.421 e. The zero-order chi connectivity index (χ0) is 15.1. The molecular formula is C14H10Cl2N2O3. The largest absolute Gasteiger partial charge is 0.462 e. The lowest BCUT2D eigenvalue weighted by Crippen LogP contribution is -2.28. The number of nitrogens with zero attached hydrogens (tertiary/aromatic N) is 1. The van der Waals surface area contributed by atoms with E-state index in [2.05, 4.69) is 0 Å². The molecule has 21 heavy (non-hydrogen) atoms. The summed E-state index contributed by atoms with van der Waals surface area (Å²) >= 11 is 11.8. The van der Waals surface area contributed by atoms with Crippen LogP contribution in [0.5, 0.6) is 0 Å². The molecule has 3 rings (SSSR count). The standard InChI is InChI=1S/C14H10Cl2N2O3/c1-7-2-5-11(20-7)12-13(17)18(14(19)21-12)8-3-4-9(15)10(16)6-8/h2-6,12,17H,1H3/t12-/m1/s1. The summed E-state index contributed by atoms with van der Waals surface area (Å²) in [5.74, 6) is 1.06. The molecule has 7 heteroatoms. The van der Waals surface area contributed by atoms with Crippen LogP contribution in [0.2, 0.25) is 10.0 Å². The van der Waals surface area contributed by atoms with Gasteiger partial charge in [0, 0.05) is 0 Å². The highest BCUT2D eigenvalue weighted by Gasteiger charge is 2.41. The van der Waals surface area contributed by atoms with Crippen molar-refractivity contribution in [3.05, 3.63) is 51.9 Å². The third-order valence-electron chi connectivity index (χ3n) is 3.07. The van der Waals surface area contributed by atoms with Crippen LogP contribution in [0.1, 0.15) is 17.6 Å². The van der Waals surface area contributed by atoms with Gasteiger partial charge in [0.1, 0.15) is 5.76 Å². The van der Waals surface area contributed by atoms with Crippen molar-refractivity contribution in [2.24, 2.45) is 0 Å². The molecule has 5 nitrogen and oxygen atoms in total. The molecule has 0 unspecified atom stereocenters. The van der Waals surface area contributed by atoms with Crippen molar-refractivity contribution >= 4 is 40.8 Å². The fraction of sp³-hybridized carbons (Fsp3) is 0.143. The van der Waals surface area contributed by atoms with Gasteiger partial charge in [-0.25, -0.2) is 9.69 Å². The Balaban J connectivity index is 1.95. The second-order valence-corrected chi connectivity index (χ2v) is 5.35. The number of amidine groups is 1. The topological polar surface area (TPSA) is 66.5 Å². The highest BCUT2D eigenvalue weighted by molar-refractivity contribution is 6.42. The fourth-order valence-corrected chi connectivity index (χ4v) is 2.37. The maximum absolute atomic E-state index is 12.0. The zero-order valence-corrected chi connectivity index (χ0v) is 12.4. The minimum absolute atomic E-state index is 0.0345. The van der Waals surface area contributed by atoms with E-state index in [4.69, 9.17) is 37.8 Å². The molecule has 1 amide bonds. The molecule has 1 aromatic carbocycles. The maximum atomic E-state index is 12.0. The van der Waals surface area contributed by atoms with Crippen LogP contribution in [-0.2, 0) is 4.74 Å². The molecule has 0 radical (unpaired) electrons. The van der Waals surface area contributed by atoms with Crippen LogP contribution in [0.25, 0.3) is 0 Å². The van der Waals surface area contributed by atoms with Crippen molar-refractivity contribution in [2.45, 2.75) is 13.0 Å². The Labute approximate surface area is 130 Å². The number of hydrogen-bond donors (Lipinski definition) is 1. The van der Waals surface area contributed by atoms with E-state index in [0.717, 1.165) is 4.90 Å². The van der Waals surface area contributed by atoms with Crippen LogP contribution < -0.4 is 4.90 Å². The van der Waals surface area contributed by atoms with E-state index in [0.29, 0.717) is 27.3 Å². The Morgan fingerprint density at radius 1 is 1.19 bits per heavy atom. The van der Waals surface area contributed by atoms with E-state index >= 15 is 0 Å². The summed E-state index contributed by atoms with van der Waals surface area (Å²) in [5, 5.41) is 8.82. The third kappa shape index (κ3) is 2.39. The van der Waals surface area contributed by atoms with Gasteiger partial charge in [-0.3, -0.25) is 5.41 Å². The summed E-state index contributed by atoms with van der Waals surface area (Å²) in [6.07, 6.45) is -1.52. The Morgan fingerprint density at radius 3 is 2.57 bits per heavy atom. The zero-order valence-electron chi connectivity index (χ0n) is 10.9. The van der Waals surface area contributed by atoms with E-state index in [1.807, 2.05) is 0 Å². The second-order valence-electron chi connectivity index (χ2n) is 4.53. The summed E-state index contributed by atoms with van der Waals surface area (Å²) in [6.45, 7) is 1.78. The van der Waals surface area contributed by atoms with Crippen LogP contribution in [0.15, 0.2) is 34.7 Å². The van der Waals surface area contributed by atoms with Gasteiger partial charge in [0.15, 0.2) is 11.6 Å². The van der Waals surface area contributed by atoms with E-state index in [1.165, 1.54) is 6.07 Å². The molecule has 1 fully saturated rings. The molecular weight excluding hydrogens is 315 g/mol. The lowest BCUT2D eigenvalue weighted by molar-refractivity contribution is 0.142. The van der Waals surface area contributed by atoms with Gasteiger partial charge in [0.05, 0.1) is 15.7 Å². The minimum atomic E-state index is -0.861. The molecule has 0 aliphatic carbocycles. The van der Waals surface area contributed by atoms with Gasteiger partial charge in [-0.2, -0.15) is 0 Å². The van der Waals surface area contributed by atoms with Crippen LogP contribution in [0.3, 0.4) is 0 Å². The number of anilines is 1. The lowest BCUT2D eigenvalue weighted by Gasteiger charge is -2.13. The highest BCUT2D eigenvalue weighted by Crippen LogP contribution is 2.35. The first-order valence-electron chi connectivity index (χ1n) is 6.08. The predicted octanol–water partition coefficient (Wildman–Crippen LogP) is 4.57. The number of ether oxygens (including phenoxy) is 1. The normalized spacial score (nSPS) is 18.2. The van der Waals surface area contributed by atoms with Gasteiger partial charge in [-0.15, -0.1) is 0 Å². The summed E-state index contributed by atoms with van der Waals surface area (Å²) in [5.41, 5.74) is 0.421. The van der Waals surface area contributed by atoms with Gasteiger partial charge in [-0.05, 0) is 37.3 Å². The summed E-state index contributed by atoms with van der Waals surface area (Å²) in [7, 11) is 0. The number of furan rings is 1. The molecule has 1 aliphatic rings. The van der Waals surface area contributed by atoms with Crippen molar-refractivity contribution in [1.82, 2.24) is 0 Å². The molecule has 1 atom stereocenters. The SMILES string of the molecule is Cc1ccc([C@H]2OC(=O)N(c3ccc(Cl)c(Cl)c3)C2=N)o1. The van der Waals surface area contributed by atoms with E-state index in [-0.39, 0.29) is 5.84 Å². The molecule has 2 aromatic rings. The lowest BCUT2D eigenvalue weighted by atomic mass is 10.2. The average molecular weight is 325 g/mol. The first-order chi connectivity index (χ1) is 9.97. The molecule has 0 saturated carbocycles. The number of rotatable bonds is 2. The van der Waals surface area contributed by atoms with Crippen LogP contribution in [0.4, 0.5) is 10.5 Å². The van der Waals surface area contributed by atoms with Crippen molar-refractivity contribution < 1.29 is 13.9 Å². The minimum Gasteiger partial charge on any atom is -0.462 e. The molecule has 1 N–H and O–H groups in total. The quantitative estimate of drug-likeness (QED) is 0.879. The average Bonchev–Trinajstić information content (AvgIpc) is 2.97. The molecule has 1 aliphatic heterocycles. The van der Waals surface area contributed by atoms with Crippen molar-refractivity contribution in [2.75, 3.05) is 4.90 Å². The van der Waals surface area contributed by atoms with Gasteiger partial charge < -0.3 is 9.15 Å². The number of nitrogens with one attached hydrogen (secondary N) is 1. The number of amides is 1. The fourth-order valence-electron chi connectivity index (χ4n) is 2.08. The number of carbonyl (C=O) groups is 1. The molecule has 1 aromatic heterocycles. The van der Waals surface area contributed by atoms with Gasteiger partial charge in [0.2, 0.25) is 6.10 Å². The number of halogens is 2. The number of benzene rings is 1. The first-order valence-corrected chi connectivity index (χ1v) is 6.83. The van der Waals surface area contributed by atoms with E-state index < -0.39 is 12.2 Å². The molecule has 0 bridgehead atoms. The summed E-state index contributed by atoms with van der Waals surface area (Å²) in [6, 6.07) is 8.10. The van der Waals surface area contributed by atoms with Gasteiger partial charge >= 0.3 is 6.09 Å². The Hall–Kier alpha value is -1.98. The van der Waals surface area contributed by atoms with Crippen LogP contribution >= 0.6 is 23.2 Å². The Kier molecular flexibility index (Phi) is 3.39. The van der Waals surface area contributed by atoms with Crippen LogP contribution in [0, 0.1) is 12.3 Å². The summed E-state index contributed by atoms with van der Waals surface area (Å²) < 4.78 is 10.6. The monoisotopic (exact) mass is 324 g/mol.